The molecule has 0 aromatic heterocycles. The maximum Gasteiger partial charge on any atom is 0.227 e. The molecule has 4 nitrogen and oxygen atoms in total. The SMILES string of the molecule is CCN(C1CCN(C)CC1)C1CN(C(=O)Cc2cccc(F)c2)C1. The van der Waals surface area contributed by atoms with Gasteiger partial charge in [-0.15, -0.1) is 0 Å². The normalized spacial score (nSPS) is 20.4. The number of hydrogen-bond acceptors (Lipinski definition) is 3. The van der Waals surface area contributed by atoms with E-state index in [1.165, 1.54) is 25.0 Å². The van der Waals surface area contributed by atoms with Crippen LogP contribution in [0.4, 0.5) is 4.39 Å². The molecule has 0 unspecified atom stereocenters. The van der Waals surface area contributed by atoms with Gasteiger partial charge in [0.15, 0.2) is 0 Å². The van der Waals surface area contributed by atoms with Crippen molar-refractivity contribution >= 4 is 5.91 Å². The zero-order valence-electron chi connectivity index (χ0n) is 14.7. The zero-order chi connectivity index (χ0) is 17.1. The molecule has 2 aliphatic rings. The van der Waals surface area contributed by atoms with Gasteiger partial charge in [-0.2, -0.15) is 0 Å². The Morgan fingerprint density at radius 2 is 1.96 bits per heavy atom. The fourth-order valence-corrected chi connectivity index (χ4v) is 3.94. The standard InChI is InChI=1S/C19H28FN3O/c1-3-23(17-7-9-21(2)10-8-17)18-13-22(14-18)19(24)12-15-5-4-6-16(20)11-15/h4-6,11,17-18H,3,7-10,12-14H2,1-2H3. The largest absolute Gasteiger partial charge is 0.339 e. The Morgan fingerprint density at radius 3 is 2.58 bits per heavy atom. The molecule has 0 N–H and O–H groups in total. The predicted octanol–water partition coefficient (Wildman–Crippen LogP) is 2.00. The van der Waals surface area contributed by atoms with Crippen LogP contribution in [0.3, 0.4) is 0 Å². The molecule has 0 aliphatic carbocycles. The third-order valence-electron chi connectivity index (χ3n) is 5.45. The summed E-state index contributed by atoms with van der Waals surface area (Å²) < 4.78 is 13.2. The van der Waals surface area contributed by atoms with Crippen molar-refractivity contribution in [3.63, 3.8) is 0 Å². The number of benzene rings is 1. The van der Waals surface area contributed by atoms with Gasteiger partial charge in [0.2, 0.25) is 5.91 Å². The van der Waals surface area contributed by atoms with E-state index in [1.807, 2.05) is 11.0 Å². The van der Waals surface area contributed by atoms with Crippen molar-refractivity contribution in [3.8, 4) is 0 Å². The molecule has 1 amide bonds. The number of piperidine rings is 1. The second kappa shape index (κ2) is 7.62. The lowest BCUT2D eigenvalue weighted by Gasteiger charge is -2.49. The molecule has 1 aromatic rings. The first-order valence-electron chi connectivity index (χ1n) is 9.03. The zero-order valence-corrected chi connectivity index (χ0v) is 14.7. The van der Waals surface area contributed by atoms with Gasteiger partial charge >= 0.3 is 0 Å². The summed E-state index contributed by atoms with van der Waals surface area (Å²) in [4.78, 5) is 19.2. The first-order valence-corrected chi connectivity index (χ1v) is 9.03. The van der Waals surface area contributed by atoms with Crippen LogP contribution in [0.2, 0.25) is 0 Å². The number of carbonyl (C=O) groups excluding carboxylic acids is 1. The minimum Gasteiger partial charge on any atom is -0.339 e. The molecule has 2 heterocycles. The highest BCUT2D eigenvalue weighted by molar-refractivity contribution is 5.79. The van der Waals surface area contributed by atoms with Crippen LogP contribution in [-0.2, 0) is 11.2 Å². The summed E-state index contributed by atoms with van der Waals surface area (Å²) in [6, 6.07) is 7.47. The molecule has 0 spiro atoms. The Morgan fingerprint density at radius 1 is 1.25 bits per heavy atom. The van der Waals surface area contributed by atoms with E-state index in [2.05, 4.69) is 23.8 Å². The van der Waals surface area contributed by atoms with Crippen LogP contribution in [0.25, 0.3) is 0 Å². The van der Waals surface area contributed by atoms with Gasteiger partial charge in [-0.1, -0.05) is 19.1 Å². The van der Waals surface area contributed by atoms with E-state index >= 15 is 0 Å². The number of hydrogen-bond donors (Lipinski definition) is 0. The highest BCUT2D eigenvalue weighted by Crippen LogP contribution is 2.23. The van der Waals surface area contributed by atoms with Crippen molar-refractivity contribution in [2.45, 2.75) is 38.3 Å². The maximum atomic E-state index is 13.2. The second-order valence-corrected chi connectivity index (χ2v) is 7.12. The fraction of sp³-hybridized carbons (Fsp3) is 0.632. The molecule has 5 heteroatoms. The molecule has 0 atom stereocenters. The number of carbonyl (C=O) groups is 1. The van der Waals surface area contributed by atoms with Crippen LogP contribution < -0.4 is 0 Å². The number of rotatable bonds is 5. The number of nitrogens with zero attached hydrogens (tertiary/aromatic N) is 3. The van der Waals surface area contributed by atoms with Crippen LogP contribution in [0.5, 0.6) is 0 Å². The van der Waals surface area contributed by atoms with E-state index in [9.17, 15) is 9.18 Å². The van der Waals surface area contributed by atoms with E-state index in [1.54, 1.807) is 6.07 Å². The minimum atomic E-state index is -0.277. The van der Waals surface area contributed by atoms with Crippen molar-refractivity contribution in [2.24, 2.45) is 0 Å². The summed E-state index contributed by atoms with van der Waals surface area (Å²) in [5.41, 5.74) is 0.756. The molecule has 2 saturated heterocycles. The van der Waals surface area contributed by atoms with Crippen LogP contribution in [0.1, 0.15) is 25.3 Å². The van der Waals surface area contributed by atoms with Crippen molar-refractivity contribution in [2.75, 3.05) is 39.8 Å². The summed E-state index contributed by atoms with van der Waals surface area (Å²) >= 11 is 0. The monoisotopic (exact) mass is 333 g/mol. The fourth-order valence-electron chi connectivity index (χ4n) is 3.94. The quantitative estimate of drug-likeness (QED) is 0.825. The summed E-state index contributed by atoms with van der Waals surface area (Å²) in [5, 5.41) is 0. The molecule has 24 heavy (non-hydrogen) atoms. The average Bonchev–Trinajstić information content (AvgIpc) is 2.51. The summed E-state index contributed by atoms with van der Waals surface area (Å²) in [6.45, 7) is 7.22. The van der Waals surface area contributed by atoms with Crippen molar-refractivity contribution in [3.05, 3.63) is 35.6 Å². The van der Waals surface area contributed by atoms with Gasteiger partial charge in [-0.3, -0.25) is 9.69 Å². The predicted molar refractivity (Wildman–Crippen MR) is 93.4 cm³/mol. The van der Waals surface area contributed by atoms with Gasteiger partial charge in [-0.25, -0.2) is 4.39 Å². The lowest BCUT2D eigenvalue weighted by atomic mass is 9.97. The van der Waals surface area contributed by atoms with Gasteiger partial charge in [0, 0.05) is 25.2 Å². The van der Waals surface area contributed by atoms with Crippen molar-refractivity contribution < 1.29 is 9.18 Å². The smallest absolute Gasteiger partial charge is 0.227 e. The van der Waals surface area contributed by atoms with Gasteiger partial charge in [0.05, 0.1) is 6.42 Å². The van der Waals surface area contributed by atoms with E-state index in [0.717, 1.165) is 38.3 Å². The highest BCUT2D eigenvalue weighted by Gasteiger charge is 2.37. The van der Waals surface area contributed by atoms with Gasteiger partial charge in [0.25, 0.3) is 0 Å². The van der Waals surface area contributed by atoms with Gasteiger partial charge in [-0.05, 0) is 57.2 Å². The summed E-state index contributed by atoms with van der Waals surface area (Å²) in [6.07, 6.45) is 2.74. The van der Waals surface area contributed by atoms with E-state index in [-0.39, 0.29) is 11.7 Å². The molecule has 0 bridgehead atoms. The van der Waals surface area contributed by atoms with Crippen LogP contribution in [0.15, 0.2) is 24.3 Å². The average molecular weight is 333 g/mol. The Labute approximate surface area is 144 Å². The Kier molecular flexibility index (Phi) is 5.51. The second-order valence-electron chi connectivity index (χ2n) is 7.12. The number of likely N-dealkylation sites (N-methyl/N-ethyl adjacent to an activating group) is 1. The number of likely N-dealkylation sites (tertiary alicyclic amines) is 2. The van der Waals surface area contributed by atoms with Gasteiger partial charge < -0.3 is 9.80 Å². The van der Waals surface area contributed by atoms with Crippen LogP contribution in [0, 0.1) is 5.82 Å². The third kappa shape index (κ3) is 3.95. The Hall–Kier alpha value is -1.46. The third-order valence-corrected chi connectivity index (χ3v) is 5.45. The summed E-state index contributed by atoms with van der Waals surface area (Å²) in [5.74, 6) is -0.169. The topological polar surface area (TPSA) is 26.8 Å². The first-order chi connectivity index (χ1) is 11.6. The number of amides is 1. The van der Waals surface area contributed by atoms with Crippen LogP contribution >= 0.6 is 0 Å². The maximum absolute atomic E-state index is 13.2. The van der Waals surface area contributed by atoms with E-state index in [4.69, 9.17) is 0 Å². The molecule has 2 aliphatic heterocycles. The minimum absolute atomic E-state index is 0.108. The van der Waals surface area contributed by atoms with Crippen molar-refractivity contribution in [1.82, 2.24) is 14.7 Å². The molecule has 0 saturated carbocycles. The Balaban J connectivity index is 1.49. The number of halogens is 1. The molecule has 1 aromatic carbocycles. The molecular weight excluding hydrogens is 305 g/mol. The van der Waals surface area contributed by atoms with E-state index in [0.29, 0.717) is 18.5 Å². The molecule has 2 fully saturated rings. The molecule has 3 rings (SSSR count). The lowest BCUT2D eigenvalue weighted by molar-refractivity contribution is -0.139. The Bertz CT molecular complexity index is 565. The molecular formula is C19H28FN3O. The summed E-state index contributed by atoms with van der Waals surface area (Å²) in [7, 11) is 2.18. The first kappa shape index (κ1) is 17.4. The van der Waals surface area contributed by atoms with Crippen molar-refractivity contribution in [1.29, 1.82) is 0 Å². The van der Waals surface area contributed by atoms with Crippen LogP contribution in [-0.4, -0.2) is 72.5 Å². The lowest BCUT2D eigenvalue weighted by Crippen LogP contribution is -2.64. The molecule has 132 valence electrons. The highest BCUT2D eigenvalue weighted by atomic mass is 19.1. The van der Waals surface area contributed by atoms with E-state index < -0.39 is 0 Å². The molecule has 0 radical (unpaired) electrons. The van der Waals surface area contributed by atoms with Gasteiger partial charge in [0.1, 0.15) is 5.82 Å².